The SMILES string of the molecule is CCCCCCCCOCc1cccc(C#Cc2c3ccccc3c(C#Cc3cccc(COCCCCCCCC)c3)c3ccccc23)c1. The minimum Gasteiger partial charge on any atom is -0.377 e. The zero-order chi connectivity index (χ0) is 34.6. The van der Waals surface area contributed by atoms with Gasteiger partial charge < -0.3 is 9.47 Å². The highest BCUT2D eigenvalue weighted by Gasteiger charge is 2.11. The van der Waals surface area contributed by atoms with Crippen LogP contribution in [-0.2, 0) is 22.7 Å². The molecular weight excluding hydrogens is 609 g/mol. The second-order valence-electron chi connectivity index (χ2n) is 13.4. The molecule has 0 atom stereocenters. The first kappa shape index (κ1) is 36.9. The van der Waals surface area contributed by atoms with Crippen molar-refractivity contribution in [2.24, 2.45) is 0 Å². The molecule has 2 nitrogen and oxygen atoms in total. The van der Waals surface area contributed by atoms with Crippen molar-refractivity contribution in [3.8, 4) is 23.7 Å². The van der Waals surface area contributed by atoms with Crippen LogP contribution in [0.4, 0.5) is 0 Å². The Morgan fingerprint density at radius 3 is 1.18 bits per heavy atom. The van der Waals surface area contributed by atoms with Gasteiger partial charge in [-0.2, -0.15) is 0 Å². The summed E-state index contributed by atoms with van der Waals surface area (Å²) in [5.41, 5.74) is 6.40. The Morgan fingerprint density at radius 1 is 0.400 bits per heavy atom. The molecule has 0 saturated heterocycles. The first-order chi connectivity index (χ1) is 24.8. The number of hydrogen-bond donors (Lipinski definition) is 0. The molecule has 0 heterocycles. The normalized spacial score (nSPS) is 10.9. The predicted molar refractivity (Wildman–Crippen MR) is 212 cm³/mol. The van der Waals surface area contributed by atoms with Crippen LogP contribution in [0.25, 0.3) is 21.5 Å². The topological polar surface area (TPSA) is 18.5 Å². The van der Waals surface area contributed by atoms with Crippen molar-refractivity contribution in [2.45, 2.75) is 104 Å². The van der Waals surface area contributed by atoms with Crippen molar-refractivity contribution in [1.29, 1.82) is 0 Å². The molecule has 0 spiro atoms. The van der Waals surface area contributed by atoms with E-state index >= 15 is 0 Å². The summed E-state index contributed by atoms with van der Waals surface area (Å²) < 4.78 is 12.0. The molecule has 0 saturated carbocycles. The monoisotopic (exact) mass is 662 g/mol. The fourth-order valence-electron chi connectivity index (χ4n) is 6.49. The maximum Gasteiger partial charge on any atom is 0.0717 e. The van der Waals surface area contributed by atoms with E-state index in [0.717, 1.165) is 81.0 Å². The number of benzene rings is 5. The molecule has 0 amide bonds. The maximum atomic E-state index is 6.01. The summed E-state index contributed by atoms with van der Waals surface area (Å²) in [5.74, 6) is 14.1. The van der Waals surface area contributed by atoms with Crippen LogP contribution in [0.15, 0.2) is 97.1 Å². The highest BCUT2D eigenvalue weighted by molar-refractivity contribution is 6.09. The van der Waals surface area contributed by atoms with E-state index in [2.05, 4.69) is 135 Å². The smallest absolute Gasteiger partial charge is 0.0717 e. The molecule has 0 aliphatic rings. The van der Waals surface area contributed by atoms with Gasteiger partial charge in [-0.3, -0.25) is 0 Å². The third kappa shape index (κ3) is 11.4. The van der Waals surface area contributed by atoms with E-state index < -0.39 is 0 Å². The average Bonchev–Trinajstić information content (AvgIpc) is 3.15. The summed E-state index contributed by atoms with van der Waals surface area (Å²) in [6.07, 6.45) is 15.3. The quantitative estimate of drug-likeness (QED) is 0.0528. The van der Waals surface area contributed by atoms with E-state index in [1.807, 2.05) is 0 Å². The van der Waals surface area contributed by atoms with E-state index in [-0.39, 0.29) is 0 Å². The van der Waals surface area contributed by atoms with Gasteiger partial charge in [-0.05, 0) is 69.8 Å². The van der Waals surface area contributed by atoms with E-state index in [4.69, 9.17) is 9.47 Å². The van der Waals surface area contributed by atoms with Crippen LogP contribution in [0.5, 0.6) is 0 Å². The Kier molecular flexibility index (Phi) is 15.5. The minimum absolute atomic E-state index is 0.624. The molecule has 0 aliphatic carbocycles. The van der Waals surface area contributed by atoms with Gasteiger partial charge in [0.1, 0.15) is 0 Å². The molecular formula is C48H54O2. The first-order valence-corrected chi connectivity index (χ1v) is 19.1. The molecule has 0 unspecified atom stereocenters. The molecule has 5 aromatic rings. The Hall–Kier alpha value is -4.34. The van der Waals surface area contributed by atoms with Crippen molar-refractivity contribution in [3.05, 3.63) is 130 Å². The maximum absolute atomic E-state index is 6.01. The molecule has 0 radical (unpaired) electrons. The van der Waals surface area contributed by atoms with Crippen LogP contribution in [-0.4, -0.2) is 13.2 Å². The van der Waals surface area contributed by atoms with Gasteiger partial charge in [-0.1, -0.05) is 175 Å². The lowest BCUT2D eigenvalue weighted by atomic mass is 9.91. The number of hydrogen-bond acceptors (Lipinski definition) is 2. The molecule has 0 bridgehead atoms. The number of rotatable bonds is 18. The first-order valence-electron chi connectivity index (χ1n) is 19.1. The Morgan fingerprint density at radius 2 is 0.780 bits per heavy atom. The van der Waals surface area contributed by atoms with Crippen LogP contribution in [0, 0.1) is 23.7 Å². The van der Waals surface area contributed by atoms with Crippen molar-refractivity contribution in [1.82, 2.24) is 0 Å². The zero-order valence-electron chi connectivity index (χ0n) is 30.4. The minimum atomic E-state index is 0.624. The fourth-order valence-corrected chi connectivity index (χ4v) is 6.49. The van der Waals surface area contributed by atoms with Gasteiger partial charge in [0.2, 0.25) is 0 Å². The summed E-state index contributed by atoms with van der Waals surface area (Å²) in [6, 6.07) is 34.0. The molecule has 0 N–H and O–H groups in total. The number of fused-ring (bicyclic) bond motifs is 2. The summed E-state index contributed by atoms with van der Waals surface area (Å²) in [7, 11) is 0. The van der Waals surface area contributed by atoms with Crippen molar-refractivity contribution in [2.75, 3.05) is 13.2 Å². The molecule has 0 aliphatic heterocycles. The molecule has 258 valence electrons. The van der Waals surface area contributed by atoms with E-state index in [1.54, 1.807) is 0 Å². The predicted octanol–water partition coefficient (Wildman–Crippen LogP) is 12.5. The van der Waals surface area contributed by atoms with Crippen molar-refractivity contribution >= 4 is 21.5 Å². The second-order valence-corrected chi connectivity index (χ2v) is 13.4. The summed E-state index contributed by atoms with van der Waals surface area (Å²) in [5, 5.41) is 4.49. The summed E-state index contributed by atoms with van der Waals surface area (Å²) >= 11 is 0. The average molecular weight is 663 g/mol. The highest BCUT2D eigenvalue weighted by Crippen LogP contribution is 2.32. The van der Waals surface area contributed by atoms with Crippen LogP contribution in [0.2, 0.25) is 0 Å². The van der Waals surface area contributed by atoms with Crippen molar-refractivity contribution < 1.29 is 9.47 Å². The standard InChI is InChI=1S/C48H54O2/c1-3-5-7-9-11-17-33-49-37-41-23-19-21-39(35-41)29-31-47-43-25-13-15-27-45(43)48(46-28-16-14-26-44(46)47)32-30-40-22-20-24-42(36-40)38-50-34-18-12-10-8-6-4-2/h13-16,19-28,35-36H,3-12,17-18,33-34,37-38H2,1-2H3. The van der Waals surface area contributed by atoms with E-state index in [0.29, 0.717) is 13.2 Å². The second kappa shape index (κ2) is 21.0. The Bertz CT molecular complexity index is 1720. The van der Waals surface area contributed by atoms with E-state index in [1.165, 1.54) is 64.2 Å². The Balaban J connectivity index is 1.31. The third-order valence-electron chi connectivity index (χ3n) is 9.27. The molecule has 5 aromatic carbocycles. The van der Waals surface area contributed by atoms with Gasteiger partial charge in [0, 0.05) is 35.5 Å². The summed E-state index contributed by atoms with van der Waals surface area (Å²) in [4.78, 5) is 0. The molecule has 5 rings (SSSR count). The van der Waals surface area contributed by atoms with Crippen LogP contribution in [0.3, 0.4) is 0 Å². The van der Waals surface area contributed by atoms with E-state index in [9.17, 15) is 0 Å². The van der Waals surface area contributed by atoms with Gasteiger partial charge in [0.15, 0.2) is 0 Å². The van der Waals surface area contributed by atoms with Gasteiger partial charge in [0.25, 0.3) is 0 Å². The molecule has 2 heteroatoms. The molecule has 50 heavy (non-hydrogen) atoms. The third-order valence-corrected chi connectivity index (χ3v) is 9.27. The van der Waals surface area contributed by atoms with Gasteiger partial charge >= 0.3 is 0 Å². The number of unbranched alkanes of at least 4 members (excludes halogenated alkanes) is 10. The fraction of sp³-hybridized carbons (Fsp3) is 0.375. The summed E-state index contributed by atoms with van der Waals surface area (Å²) in [6.45, 7) is 7.39. The van der Waals surface area contributed by atoms with Crippen molar-refractivity contribution in [3.63, 3.8) is 0 Å². The van der Waals surface area contributed by atoms with Crippen LogP contribution in [0.1, 0.15) is 124 Å². The highest BCUT2D eigenvalue weighted by atomic mass is 16.5. The Labute approximate surface area is 301 Å². The van der Waals surface area contributed by atoms with Gasteiger partial charge in [-0.15, -0.1) is 0 Å². The molecule has 0 fully saturated rings. The lowest BCUT2D eigenvalue weighted by Gasteiger charge is -2.10. The van der Waals surface area contributed by atoms with Crippen LogP contribution >= 0.6 is 0 Å². The lowest BCUT2D eigenvalue weighted by molar-refractivity contribution is 0.116. The number of ether oxygens (including phenoxy) is 2. The zero-order valence-corrected chi connectivity index (χ0v) is 30.4. The molecule has 0 aromatic heterocycles. The largest absolute Gasteiger partial charge is 0.377 e. The van der Waals surface area contributed by atoms with Gasteiger partial charge in [-0.25, -0.2) is 0 Å². The van der Waals surface area contributed by atoms with Crippen LogP contribution < -0.4 is 0 Å². The lowest BCUT2D eigenvalue weighted by Crippen LogP contribution is -1.96. The van der Waals surface area contributed by atoms with Gasteiger partial charge in [0.05, 0.1) is 13.2 Å².